The molecule has 1 aromatic carbocycles. The van der Waals surface area contributed by atoms with E-state index < -0.39 is 16.6 Å². The van der Waals surface area contributed by atoms with Gasteiger partial charge in [0.2, 0.25) is 0 Å². The number of hydrogen-bond donors (Lipinski definition) is 0. The van der Waals surface area contributed by atoms with Crippen LogP contribution in [0.15, 0.2) is 47.1 Å². The Bertz CT molecular complexity index is 1060. The van der Waals surface area contributed by atoms with E-state index >= 15 is 0 Å². The molecule has 0 bridgehead atoms. The van der Waals surface area contributed by atoms with E-state index in [0.717, 1.165) is 19.3 Å². The first kappa shape index (κ1) is 28.3. The summed E-state index contributed by atoms with van der Waals surface area (Å²) in [7, 11) is -3.28. The third kappa shape index (κ3) is 5.66. The van der Waals surface area contributed by atoms with Gasteiger partial charge in [0.05, 0.1) is 5.71 Å². The molecule has 6 heteroatoms. The van der Waals surface area contributed by atoms with E-state index in [-0.39, 0.29) is 16.9 Å². The van der Waals surface area contributed by atoms with Gasteiger partial charge >= 0.3 is 0 Å². The molecule has 5 rings (SSSR count). The molecular weight excluding hydrogens is 503 g/mol. The van der Waals surface area contributed by atoms with Crippen molar-refractivity contribution >= 4 is 22.3 Å². The first-order valence-corrected chi connectivity index (χ1v) is 21.9. The predicted molar refractivity (Wildman–Crippen MR) is 162 cm³/mol. The highest BCUT2D eigenvalue weighted by Gasteiger charge is 2.62. The normalized spacial score (nSPS) is 38.3. The van der Waals surface area contributed by atoms with Crippen LogP contribution in [0.4, 0.5) is 0 Å². The number of rotatable bonds is 7. The second-order valence-corrected chi connectivity index (χ2v) is 23.9. The van der Waals surface area contributed by atoms with Gasteiger partial charge in [-0.05, 0) is 113 Å². The topological polar surface area (TPSA) is 40.0 Å². The van der Waals surface area contributed by atoms with Gasteiger partial charge in [-0.3, -0.25) is 0 Å². The van der Waals surface area contributed by atoms with Crippen LogP contribution < -0.4 is 0 Å². The standard InChI is InChI=1S/C32H51NO3Si2/c1-31-19-18-25(35-37(3,4)5)20-24(31)14-15-26-27-16-17-29(33-34-22-23-12-10-9-11-13-23)32(27,2)21-28(30(26)31)36-38(6,7)8/h9-14,25-28,30H,15-22H2,1-8H3/b33-29+/t25-,26-,27-,28-,30+,31-,32-/m0/s1. The van der Waals surface area contributed by atoms with Crippen molar-refractivity contribution in [3.05, 3.63) is 47.5 Å². The molecule has 38 heavy (non-hydrogen) atoms. The van der Waals surface area contributed by atoms with Crippen LogP contribution in [0.2, 0.25) is 39.3 Å². The quantitative estimate of drug-likeness (QED) is 0.193. The third-order valence-corrected chi connectivity index (χ3v) is 12.0. The number of oxime groups is 1. The lowest BCUT2D eigenvalue weighted by Crippen LogP contribution is -2.58. The average Bonchev–Trinajstić information content (AvgIpc) is 3.13. The maximum atomic E-state index is 7.16. The fourth-order valence-electron chi connectivity index (χ4n) is 8.59. The molecule has 0 heterocycles. The molecule has 0 amide bonds. The molecule has 0 aromatic heterocycles. The minimum Gasteiger partial charge on any atom is -0.414 e. The van der Waals surface area contributed by atoms with E-state index in [2.05, 4.69) is 83.5 Å². The molecule has 0 N–H and O–H groups in total. The molecule has 0 saturated heterocycles. The Kier molecular flexibility index (Phi) is 7.69. The highest BCUT2D eigenvalue weighted by molar-refractivity contribution is 6.70. The summed E-state index contributed by atoms with van der Waals surface area (Å²) < 4.78 is 13.8. The fraction of sp³-hybridized carbons (Fsp3) is 0.719. The lowest BCUT2D eigenvalue weighted by atomic mass is 9.47. The highest BCUT2D eigenvalue weighted by atomic mass is 28.4. The Hall–Kier alpha value is -1.22. The fourth-order valence-corrected chi connectivity index (χ4v) is 10.9. The van der Waals surface area contributed by atoms with E-state index in [1.807, 2.05) is 6.07 Å². The Morgan fingerprint density at radius 3 is 2.32 bits per heavy atom. The Labute approximate surface area is 233 Å². The minimum atomic E-state index is -1.73. The van der Waals surface area contributed by atoms with Crippen LogP contribution in [-0.4, -0.2) is 34.6 Å². The number of benzene rings is 1. The Morgan fingerprint density at radius 2 is 1.63 bits per heavy atom. The summed E-state index contributed by atoms with van der Waals surface area (Å²) in [5.74, 6) is 1.89. The van der Waals surface area contributed by atoms with E-state index in [1.165, 1.54) is 37.0 Å². The van der Waals surface area contributed by atoms with E-state index in [1.54, 1.807) is 5.57 Å². The van der Waals surface area contributed by atoms with Crippen molar-refractivity contribution in [2.75, 3.05) is 0 Å². The molecule has 0 aliphatic heterocycles. The summed E-state index contributed by atoms with van der Waals surface area (Å²) in [5.41, 5.74) is 4.39. The second kappa shape index (κ2) is 10.3. The van der Waals surface area contributed by atoms with Crippen molar-refractivity contribution in [1.82, 2.24) is 0 Å². The maximum Gasteiger partial charge on any atom is 0.184 e. The molecular formula is C32H51NO3Si2. The zero-order valence-corrected chi connectivity index (χ0v) is 27.2. The van der Waals surface area contributed by atoms with Crippen LogP contribution in [0, 0.1) is 28.6 Å². The third-order valence-electron chi connectivity index (χ3n) is 9.99. The lowest BCUT2D eigenvalue weighted by molar-refractivity contribution is -0.0944. The van der Waals surface area contributed by atoms with Crippen LogP contribution in [0.1, 0.15) is 64.4 Å². The highest BCUT2D eigenvalue weighted by Crippen LogP contribution is 2.65. The van der Waals surface area contributed by atoms with Crippen LogP contribution in [0.5, 0.6) is 0 Å². The number of fused-ring (bicyclic) bond motifs is 5. The smallest absolute Gasteiger partial charge is 0.184 e. The number of nitrogens with zero attached hydrogens (tertiary/aromatic N) is 1. The van der Waals surface area contributed by atoms with Crippen molar-refractivity contribution in [3.8, 4) is 0 Å². The van der Waals surface area contributed by atoms with E-state index in [4.69, 9.17) is 18.8 Å². The molecule has 0 unspecified atom stereocenters. The van der Waals surface area contributed by atoms with Crippen molar-refractivity contribution in [1.29, 1.82) is 0 Å². The van der Waals surface area contributed by atoms with Crippen molar-refractivity contribution in [2.24, 2.45) is 33.7 Å². The van der Waals surface area contributed by atoms with Gasteiger partial charge in [0.1, 0.15) is 6.61 Å². The van der Waals surface area contributed by atoms with Crippen LogP contribution in [0.3, 0.4) is 0 Å². The van der Waals surface area contributed by atoms with Crippen molar-refractivity contribution < 1.29 is 13.7 Å². The lowest BCUT2D eigenvalue weighted by Gasteiger charge is -2.60. The molecule has 210 valence electrons. The molecule has 1 aromatic rings. The zero-order valence-electron chi connectivity index (χ0n) is 25.2. The molecule has 7 atom stereocenters. The van der Waals surface area contributed by atoms with Gasteiger partial charge in [-0.1, -0.05) is 61.0 Å². The Balaban J connectivity index is 1.42. The summed E-state index contributed by atoms with van der Waals surface area (Å²) in [6.07, 6.45) is 11.4. The van der Waals surface area contributed by atoms with Gasteiger partial charge < -0.3 is 13.7 Å². The summed E-state index contributed by atoms with van der Waals surface area (Å²) in [6, 6.07) is 10.4. The van der Waals surface area contributed by atoms with Crippen LogP contribution >= 0.6 is 0 Å². The predicted octanol–water partition coefficient (Wildman–Crippen LogP) is 8.57. The van der Waals surface area contributed by atoms with Crippen molar-refractivity contribution in [3.63, 3.8) is 0 Å². The molecule has 4 aliphatic carbocycles. The number of allylic oxidation sites excluding steroid dienone is 1. The second-order valence-electron chi connectivity index (χ2n) is 15.0. The van der Waals surface area contributed by atoms with Crippen LogP contribution in [-0.2, 0) is 20.3 Å². The Morgan fingerprint density at radius 1 is 0.921 bits per heavy atom. The monoisotopic (exact) mass is 553 g/mol. The maximum absolute atomic E-state index is 7.16. The SMILES string of the molecule is C[C@]12CC[C@H](O[Si](C)(C)C)CC1=CC[C@@H]1[C@@H]2[C@@H](O[Si](C)(C)C)C[C@]2(C)/C(=N/OCc3ccccc3)CC[C@@H]12. The largest absolute Gasteiger partial charge is 0.414 e. The molecule has 0 spiro atoms. The molecule has 4 aliphatic rings. The van der Waals surface area contributed by atoms with Gasteiger partial charge in [-0.25, -0.2) is 0 Å². The molecule has 3 saturated carbocycles. The average molecular weight is 554 g/mol. The molecule has 4 nitrogen and oxygen atoms in total. The minimum absolute atomic E-state index is 0.0576. The summed E-state index contributed by atoms with van der Waals surface area (Å²) >= 11 is 0. The van der Waals surface area contributed by atoms with Gasteiger partial charge in [-0.2, -0.15) is 0 Å². The zero-order chi connectivity index (χ0) is 27.3. The van der Waals surface area contributed by atoms with Gasteiger partial charge in [-0.15, -0.1) is 0 Å². The van der Waals surface area contributed by atoms with E-state index in [0.29, 0.717) is 30.5 Å². The van der Waals surface area contributed by atoms with Gasteiger partial charge in [0, 0.05) is 17.6 Å². The first-order valence-electron chi connectivity index (χ1n) is 15.1. The summed E-state index contributed by atoms with van der Waals surface area (Å²) in [4.78, 5) is 5.98. The molecule has 0 radical (unpaired) electrons. The van der Waals surface area contributed by atoms with Crippen LogP contribution in [0.25, 0.3) is 0 Å². The summed E-state index contributed by atoms with van der Waals surface area (Å²) in [6.45, 7) is 19.7. The summed E-state index contributed by atoms with van der Waals surface area (Å²) in [5, 5.41) is 4.83. The van der Waals surface area contributed by atoms with Crippen molar-refractivity contribution in [2.45, 2.75) is 117 Å². The molecule has 3 fully saturated rings. The van der Waals surface area contributed by atoms with E-state index in [9.17, 15) is 0 Å². The number of hydrogen-bond acceptors (Lipinski definition) is 4. The van der Waals surface area contributed by atoms with Gasteiger partial charge in [0.25, 0.3) is 0 Å². The first-order chi connectivity index (χ1) is 17.8. The van der Waals surface area contributed by atoms with Gasteiger partial charge in [0.15, 0.2) is 16.6 Å².